The van der Waals surface area contributed by atoms with Gasteiger partial charge in [-0.15, -0.1) is 0 Å². The van der Waals surface area contributed by atoms with Crippen LogP contribution in [-0.4, -0.2) is 14.2 Å². The third kappa shape index (κ3) is 7.53. The van der Waals surface area contributed by atoms with E-state index < -0.39 is 8.32 Å². The number of allylic oxidation sites excluding steroid dienone is 2. The van der Waals surface area contributed by atoms with E-state index in [-0.39, 0.29) is 0 Å². The van der Waals surface area contributed by atoms with Crippen molar-refractivity contribution in [2.75, 3.05) is 0 Å². The molecule has 74 valence electrons. The fourth-order valence-electron chi connectivity index (χ4n) is 0.715. The Balaban J connectivity index is 4.27. The van der Waals surface area contributed by atoms with Gasteiger partial charge in [-0.25, -0.2) is 4.99 Å². The Morgan fingerprint density at radius 3 is 2.23 bits per heavy atom. The average molecular weight is 197 g/mol. The molecule has 0 unspecified atom stereocenters. The Labute approximate surface area is 82.2 Å². The molecular weight excluding hydrogens is 178 g/mol. The first-order chi connectivity index (χ1) is 5.85. The van der Waals surface area contributed by atoms with E-state index in [1.807, 2.05) is 13.8 Å². The van der Waals surface area contributed by atoms with Crippen LogP contribution < -0.4 is 0 Å². The van der Waals surface area contributed by atoms with Gasteiger partial charge in [-0.1, -0.05) is 12.7 Å². The normalized spacial score (nSPS) is 14.2. The van der Waals surface area contributed by atoms with E-state index >= 15 is 0 Å². The monoisotopic (exact) mass is 197 g/mol. The van der Waals surface area contributed by atoms with Crippen molar-refractivity contribution in [2.45, 2.75) is 33.5 Å². The minimum atomic E-state index is -1.49. The molecule has 0 rings (SSSR count). The first-order valence-corrected chi connectivity index (χ1v) is 7.78. The fraction of sp³-hybridized carbons (Fsp3) is 0.500. The van der Waals surface area contributed by atoms with Gasteiger partial charge in [0.1, 0.15) is 0 Å². The summed E-state index contributed by atoms with van der Waals surface area (Å²) >= 11 is 0. The van der Waals surface area contributed by atoms with Crippen LogP contribution in [-0.2, 0) is 4.43 Å². The van der Waals surface area contributed by atoms with E-state index in [0.29, 0.717) is 0 Å². The fourth-order valence-corrected chi connectivity index (χ4v) is 1.65. The van der Waals surface area contributed by atoms with E-state index in [1.165, 1.54) is 0 Å². The van der Waals surface area contributed by atoms with E-state index in [1.54, 1.807) is 12.3 Å². The smallest absolute Gasteiger partial charge is 0.243 e. The molecule has 0 heterocycles. The largest absolute Gasteiger partial charge is 0.535 e. The van der Waals surface area contributed by atoms with Crippen molar-refractivity contribution in [1.29, 1.82) is 0 Å². The summed E-state index contributed by atoms with van der Waals surface area (Å²) in [6.07, 6.45) is 3.54. The first kappa shape index (κ1) is 12.2. The van der Waals surface area contributed by atoms with Crippen molar-refractivity contribution < 1.29 is 4.43 Å². The summed E-state index contributed by atoms with van der Waals surface area (Å²) in [4.78, 5) is 4.18. The van der Waals surface area contributed by atoms with E-state index in [0.717, 1.165) is 11.5 Å². The molecule has 0 saturated heterocycles. The lowest BCUT2D eigenvalue weighted by Gasteiger charge is -2.17. The summed E-state index contributed by atoms with van der Waals surface area (Å²) in [5, 5.41) is 0. The predicted octanol–water partition coefficient (Wildman–Crippen LogP) is 3.35. The Kier molecular flexibility index (Phi) is 4.70. The lowest BCUT2D eigenvalue weighted by Crippen LogP contribution is -2.27. The van der Waals surface area contributed by atoms with Crippen molar-refractivity contribution >= 4 is 14.2 Å². The molecule has 0 aromatic heterocycles. The highest BCUT2D eigenvalue weighted by Crippen LogP contribution is 2.04. The molecule has 0 aliphatic heterocycles. The second-order valence-corrected chi connectivity index (χ2v) is 8.37. The number of aliphatic imine (C=N–C) groups is 1. The number of rotatable bonds is 3. The minimum absolute atomic E-state index is 0.736. The van der Waals surface area contributed by atoms with Crippen molar-refractivity contribution in [3.63, 3.8) is 0 Å². The van der Waals surface area contributed by atoms with Crippen LogP contribution >= 0.6 is 0 Å². The van der Waals surface area contributed by atoms with Gasteiger partial charge in [0.25, 0.3) is 0 Å². The van der Waals surface area contributed by atoms with E-state index in [2.05, 4.69) is 31.2 Å². The molecule has 0 radical (unpaired) electrons. The maximum Gasteiger partial charge on any atom is 0.243 e. The van der Waals surface area contributed by atoms with Gasteiger partial charge < -0.3 is 4.43 Å². The molecule has 0 fully saturated rings. The molecule has 0 aliphatic rings. The highest BCUT2D eigenvalue weighted by molar-refractivity contribution is 6.71. The first-order valence-electron chi connectivity index (χ1n) is 4.38. The maximum atomic E-state index is 5.64. The zero-order chi connectivity index (χ0) is 10.5. The molecule has 0 aromatic rings. The van der Waals surface area contributed by atoms with Gasteiger partial charge in [-0.05, 0) is 32.1 Å². The summed E-state index contributed by atoms with van der Waals surface area (Å²) in [7, 11) is -1.49. The predicted molar refractivity (Wildman–Crippen MR) is 61.5 cm³/mol. The molecule has 0 spiro atoms. The van der Waals surface area contributed by atoms with Gasteiger partial charge in [0.05, 0.1) is 0 Å². The molecule has 0 aromatic carbocycles. The molecule has 0 aliphatic carbocycles. The SMILES string of the molecule is C=CC(C)=CN=C(C)O[Si](C)(C)C. The zero-order valence-corrected chi connectivity index (χ0v) is 10.2. The molecule has 0 bridgehead atoms. The third-order valence-electron chi connectivity index (χ3n) is 1.23. The zero-order valence-electron chi connectivity index (χ0n) is 9.22. The Hall–Kier alpha value is -0.833. The summed E-state index contributed by atoms with van der Waals surface area (Å²) < 4.78 is 5.64. The van der Waals surface area contributed by atoms with Gasteiger partial charge in [-0.2, -0.15) is 0 Å². The molecule has 0 amide bonds. The Morgan fingerprint density at radius 2 is 1.85 bits per heavy atom. The lowest BCUT2D eigenvalue weighted by molar-refractivity contribution is 0.547. The van der Waals surface area contributed by atoms with Gasteiger partial charge in [0.15, 0.2) is 5.90 Å². The maximum absolute atomic E-state index is 5.64. The van der Waals surface area contributed by atoms with Crippen molar-refractivity contribution in [3.05, 3.63) is 24.4 Å². The molecule has 0 atom stereocenters. The standard InChI is InChI=1S/C10H19NOSi/c1-7-9(2)8-11-10(3)12-13(4,5)6/h7-8H,1H2,2-6H3. The Bertz CT molecular complexity index is 236. The van der Waals surface area contributed by atoms with Crippen LogP contribution in [0.4, 0.5) is 0 Å². The minimum Gasteiger partial charge on any atom is -0.535 e. The van der Waals surface area contributed by atoms with Gasteiger partial charge in [0, 0.05) is 13.1 Å². The molecular formula is C10H19NOSi. The summed E-state index contributed by atoms with van der Waals surface area (Å²) in [6, 6.07) is 0. The molecule has 13 heavy (non-hydrogen) atoms. The van der Waals surface area contributed by atoms with Crippen molar-refractivity contribution in [3.8, 4) is 0 Å². The highest BCUT2D eigenvalue weighted by atomic mass is 28.4. The van der Waals surface area contributed by atoms with Crippen LogP contribution in [0.5, 0.6) is 0 Å². The number of hydrogen-bond donors (Lipinski definition) is 0. The topological polar surface area (TPSA) is 21.6 Å². The molecule has 2 nitrogen and oxygen atoms in total. The lowest BCUT2D eigenvalue weighted by atomic mass is 10.3. The number of hydrogen-bond acceptors (Lipinski definition) is 2. The second-order valence-electron chi connectivity index (χ2n) is 3.94. The van der Waals surface area contributed by atoms with Gasteiger partial charge in [0.2, 0.25) is 8.32 Å². The second kappa shape index (κ2) is 5.02. The summed E-state index contributed by atoms with van der Waals surface area (Å²) in [5.74, 6) is 0.736. The van der Waals surface area contributed by atoms with Crippen LogP contribution in [0.3, 0.4) is 0 Å². The van der Waals surface area contributed by atoms with Crippen LogP contribution in [0.25, 0.3) is 0 Å². The molecule has 0 N–H and O–H groups in total. The molecule has 0 saturated carbocycles. The number of nitrogens with zero attached hydrogens (tertiary/aromatic N) is 1. The van der Waals surface area contributed by atoms with E-state index in [9.17, 15) is 0 Å². The van der Waals surface area contributed by atoms with Gasteiger partial charge >= 0.3 is 0 Å². The van der Waals surface area contributed by atoms with Crippen LogP contribution in [0.1, 0.15) is 13.8 Å². The van der Waals surface area contributed by atoms with E-state index in [4.69, 9.17) is 4.43 Å². The van der Waals surface area contributed by atoms with Crippen LogP contribution in [0, 0.1) is 0 Å². The highest BCUT2D eigenvalue weighted by Gasteiger charge is 2.15. The van der Waals surface area contributed by atoms with Crippen LogP contribution in [0.15, 0.2) is 29.4 Å². The molecule has 3 heteroatoms. The quantitative estimate of drug-likeness (QED) is 0.294. The summed E-state index contributed by atoms with van der Waals surface area (Å²) in [5.41, 5.74) is 1.04. The van der Waals surface area contributed by atoms with Crippen molar-refractivity contribution in [1.82, 2.24) is 0 Å². The van der Waals surface area contributed by atoms with Crippen molar-refractivity contribution in [2.24, 2.45) is 4.99 Å². The van der Waals surface area contributed by atoms with Crippen LogP contribution in [0.2, 0.25) is 19.6 Å². The van der Waals surface area contributed by atoms with Gasteiger partial charge in [-0.3, -0.25) is 0 Å². The Morgan fingerprint density at radius 1 is 1.31 bits per heavy atom. The summed E-state index contributed by atoms with van der Waals surface area (Å²) in [6.45, 7) is 13.9. The third-order valence-corrected chi connectivity index (χ3v) is 2.13. The average Bonchev–Trinajstić information content (AvgIpc) is 1.97.